The first-order valence-corrected chi connectivity index (χ1v) is 7.03. The minimum atomic E-state index is -0.839. The van der Waals surface area contributed by atoms with Gasteiger partial charge in [-0.2, -0.15) is 0 Å². The second-order valence-electron chi connectivity index (χ2n) is 4.77. The van der Waals surface area contributed by atoms with E-state index in [9.17, 15) is 13.6 Å². The minimum Gasteiger partial charge on any atom is -0.382 e. The van der Waals surface area contributed by atoms with Gasteiger partial charge in [-0.15, -0.1) is 0 Å². The van der Waals surface area contributed by atoms with E-state index in [0.29, 0.717) is 12.2 Å². The topological polar surface area (TPSA) is 47.6 Å². The summed E-state index contributed by atoms with van der Waals surface area (Å²) in [5, 5.41) is 2.44. The summed E-state index contributed by atoms with van der Waals surface area (Å²) in [6, 6.07) is 10.6. The van der Waals surface area contributed by atoms with Crippen molar-refractivity contribution < 1.29 is 23.0 Å². The van der Waals surface area contributed by atoms with Gasteiger partial charge in [0.05, 0.1) is 18.9 Å². The van der Waals surface area contributed by atoms with E-state index in [4.69, 9.17) is 9.47 Å². The first-order valence-electron chi connectivity index (χ1n) is 7.03. The van der Waals surface area contributed by atoms with Gasteiger partial charge in [0, 0.05) is 18.7 Å². The molecule has 0 radical (unpaired) electrons. The summed E-state index contributed by atoms with van der Waals surface area (Å²) < 4.78 is 37.5. The molecule has 0 atom stereocenters. The molecule has 1 N–H and O–H groups in total. The summed E-state index contributed by atoms with van der Waals surface area (Å²) in [5.41, 5.74) is 0.799. The van der Waals surface area contributed by atoms with Crippen LogP contribution >= 0.6 is 0 Å². The smallest absolute Gasteiger partial charge is 0.250 e. The van der Waals surface area contributed by atoms with Crippen LogP contribution in [0.4, 0.5) is 14.5 Å². The average Bonchev–Trinajstić information content (AvgIpc) is 2.55. The molecule has 4 nitrogen and oxygen atoms in total. The molecule has 0 unspecified atom stereocenters. The van der Waals surface area contributed by atoms with Crippen LogP contribution in [-0.4, -0.2) is 32.8 Å². The standard InChI is InChI=1S/C17H17F2NO3/c1-22-7-8-23-11-16(21)20-17-14(9-13(18)10-15(17)19)12-5-3-2-4-6-12/h2-6,9-10H,7-8,11H2,1H3,(H,20,21). The van der Waals surface area contributed by atoms with E-state index in [1.807, 2.05) is 0 Å². The highest BCUT2D eigenvalue weighted by molar-refractivity contribution is 5.96. The third kappa shape index (κ3) is 4.84. The Bertz CT molecular complexity index is 662. The highest BCUT2D eigenvalue weighted by Crippen LogP contribution is 2.31. The van der Waals surface area contributed by atoms with Gasteiger partial charge in [0.15, 0.2) is 0 Å². The molecule has 1 amide bonds. The maximum Gasteiger partial charge on any atom is 0.250 e. The molecule has 0 fully saturated rings. The molecule has 0 spiro atoms. The summed E-state index contributed by atoms with van der Waals surface area (Å²) >= 11 is 0. The van der Waals surface area contributed by atoms with E-state index in [1.54, 1.807) is 30.3 Å². The van der Waals surface area contributed by atoms with Crippen molar-refractivity contribution >= 4 is 11.6 Å². The maximum absolute atomic E-state index is 14.1. The highest BCUT2D eigenvalue weighted by Gasteiger charge is 2.15. The van der Waals surface area contributed by atoms with E-state index in [-0.39, 0.29) is 24.5 Å². The van der Waals surface area contributed by atoms with Crippen molar-refractivity contribution in [2.45, 2.75) is 0 Å². The Morgan fingerprint density at radius 1 is 1.13 bits per heavy atom. The predicted octanol–water partition coefficient (Wildman–Crippen LogP) is 3.23. The number of hydrogen-bond acceptors (Lipinski definition) is 3. The van der Waals surface area contributed by atoms with Gasteiger partial charge < -0.3 is 14.8 Å². The van der Waals surface area contributed by atoms with E-state index in [1.165, 1.54) is 13.2 Å². The van der Waals surface area contributed by atoms with Crippen molar-refractivity contribution in [3.63, 3.8) is 0 Å². The Labute approximate surface area is 133 Å². The lowest BCUT2D eigenvalue weighted by atomic mass is 10.0. The Morgan fingerprint density at radius 3 is 2.57 bits per heavy atom. The summed E-state index contributed by atoms with van der Waals surface area (Å²) in [7, 11) is 1.52. The lowest BCUT2D eigenvalue weighted by Gasteiger charge is -2.13. The fourth-order valence-corrected chi connectivity index (χ4v) is 2.03. The average molecular weight is 321 g/mol. The van der Waals surface area contributed by atoms with E-state index < -0.39 is 17.5 Å². The van der Waals surface area contributed by atoms with Crippen molar-refractivity contribution in [3.8, 4) is 11.1 Å². The number of hydrogen-bond donors (Lipinski definition) is 1. The van der Waals surface area contributed by atoms with Gasteiger partial charge in [-0.05, 0) is 11.6 Å². The number of carbonyl (C=O) groups is 1. The molecule has 2 aromatic carbocycles. The van der Waals surface area contributed by atoms with Gasteiger partial charge in [0.2, 0.25) is 5.91 Å². The van der Waals surface area contributed by atoms with Crippen LogP contribution in [0.1, 0.15) is 0 Å². The summed E-state index contributed by atoms with van der Waals surface area (Å²) in [5.74, 6) is -2.08. The van der Waals surface area contributed by atoms with E-state index in [0.717, 1.165) is 6.07 Å². The Balaban J connectivity index is 2.19. The third-order valence-corrected chi connectivity index (χ3v) is 3.07. The number of benzene rings is 2. The molecule has 23 heavy (non-hydrogen) atoms. The van der Waals surface area contributed by atoms with Crippen molar-refractivity contribution in [2.24, 2.45) is 0 Å². The lowest BCUT2D eigenvalue weighted by molar-refractivity contribution is -0.121. The molecule has 0 aliphatic heterocycles. The zero-order valence-electron chi connectivity index (χ0n) is 12.6. The van der Waals surface area contributed by atoms with E-state index >= 15 is 0 Å². The van der Waals surface area contributed by atoms with Gasteiger partial charge in [0.25, 0.3) is 0 Å². The summed E-state index contributed by atoms with van der Waals surface area (Å²) in [6.45, 7) is 0.364. The van der Waals surface area contributed by atoms with Crippen molar-refractivity contribution in [3.05, 3.63) is 54.1 Å². The van der Waals surface area contributed by atoms with Gasteiger partial charge >= 0.3 is 0 Å². The van der Waals surface area contributed by atoms with Crippen LogP contribution in [0, 0.1) is 11.6 Å². The summed E-state index contributed by atoms with van der Waals surface area (Å²) in [6.07, 6.45) is 0. The molecule has 0 heterocycles. The van der Waals surface area contributed by atoms with Crippen molar-refractivity contribution in [1.82, 2.24) is 0 Å². The van der Waals surface area contributed by atoms with Crippen molar-refractivity contribution in [1.29, 1.82) is 0 Å². The normalized spacial score (nSPS) is 10.6. The molecule has 0 aliphatic carbocycles. The van der Waals surface area contributed by atoms with Gasteiger partial charge in [-0.3, -0.25) is 4.79 Å². The summed E-state index contributed by atoms with van der Waals surface area (Å²) in [4.78, 5) is 11.9. The fourth-order valence-electron chi connectivity index (χ4n) is 2.03. The van der Waals surface area contributed by atoms with Crippen LogP contribution in [0.15, 0.2) is 42.5 Å². The second-order valence-corrected chi connectivity index (χ2v) is 4.77. The first-order chi connectivity index (χ1) is 11.1. The quantitative estimate of drug-likeness (QED) is 0.797. The largest absolute Gasteiger partial charge is 0.382 e. The molecule has 0 aliphatic rings. The zero-order valence-corrected chi connectivity index (χ0v) is 12.6. The number of halogens is 2. The SMILES string of the molecule is COCCOCC(=O)Nc1c(F)cc(F)cc1-c1ccccc1. The Hall–Kier alpha value is -2.31. The number of rotatable bonds is 7. The first kappa shape index (κ1) is 17.1. The van der Waals surface area contributed by atoms with E-state index in [2.05, 4.69) is 5.32 Å². The fraction of sp³-hybridized carbons (Fsp3) is 0.235. The molecule has 2 rings (SSSR count). The molecule has 0 bridgehead atoms. The Kier molecular flexibility index (Phi) is 6.19. The van der Waals surface area contributed by atoms with Gasteiger partial charge in [-0.1, -0.05) is 30.3 Å². The van der Waals surface area contributed by atoms with Crippen LogP contribution < -0.4 is 5.32 Å². The molecule has 2 aromatic rings. The number of amides is 1. The van der Waals surface area contributed by atoms with Crippen LogP contribution in [-0.2, 0) is 14.3 Å². The molecule has 0 aromatic heterocycles. The maximum atomic E-state index is 14.1. The lowest BCUT2D eigenvalue weighted by Crippen LogP contribution is -2.20. The zero-order chi connectivity index (χ0) is 16.7. The molecule has 0 saturated carbocycles. The molecule has 0 saturated heterocycles. The van der Waals surface area contributed by atoms with Gasteiger partial charge in [0.1, 0.15) is 18.2 Å². The monoisotopic (exact) mass is 321 g/mol. The molecular formula is C17H17F2NO3. The third-order valence-electron chi connectivity index (χ3n) is 3.07. The minimum absolute atomic E-state index is 0.0714. The van der Waals surface area contributed by atoms with Crippen LogP contribution in [0.2, 0.25) is 0 Å². The van der Waals surface area contributed by atoms with Crippen LogP contribution in [0.25, 0.3) is 11.1 Å². The molecular weight excluding hydrogens is 304 g/mol. The number of ether oxygens (including phenoxy) is 2. The molecule has 6 heteroatoms. The number of nitrogens with one attached hydrogen (secondary N) is 1. The number of carbonyl (C=O) groups excluding carboxylic acids is 1. The van der Waals surface area contributed by atoms with Gasteiger partial charge in [-0.25, -0.2) is 8.78 Å². The highest BCUT2D eigenvalue weighted by atomic mass is 19.1. The number of anilines is 1. The van der Waals surface area contributed by atoms with Crippen LogP contribution in [0.3, 0.4) is 0 Å². The predicted molar refractivity (Wildman–Crippen MR) is 83.1 cm³/mol. The second kappa shape index (κ2) is 8.36. The number of methoxy groups -OCH3 is 1. The van der Waals surface area contributed by atoms with Crippen molar-refractivity contribution in [2.75, 3.05) is 32.2 Å². The van der Waals surface area contributed by atoms with Crippen LogP contribution in [0.5, 0.6) is 0 Å². The molecule has 122 valence electrons. The Morgan fingerprint density at radius 2 is 1.87 bits per heavy atom.